The molecule has 0 fully saturated rings. The van der Waals surface area contributed by atoms with Gasteiger partial charge < -0.3 is 10.4 Å². The maximum atomic E-state index is 13.8. The van der Waals surface area contributed by atoms with Crippen molar-refractivity contribution >= 4 is 12.0 Å². The third-order valence-corrected chi connectivity index (χ3v) is 4.71. The molecule has 0 heterocycles. The van der Waals surface area contributed by atoms with Gasteiger partial charge in [0.1, 0.15) is 0 Å². The number of aliphatic hydroxyl groups excluding tert-OH is 1. The van der Waals surface area contributed by atoms with Crippen molar-refractivity contribution in [2.75, 3.05) is 13.2 Å². The van der Waals surface area contributed by atoms with E-state index in [1.807, 2.05) is 19.9 Å². The molecule has 0 aromatic heterocycles. The highest BCUT2D eigenvalue weighted by Crippen LogP contribution is 2.41. The van der Waals surface area contributed by atoms with E-state index in [-0.39, 0.29) is 24.0 Å². The second kappa shape index (κ2) is 11.0. The van der Waals surface area contributed by atoms with Gasteiger partial charge in [0.15, 0.2) is 0 Å². The van der Waals surface area contributed by atoms with Crippen LogP contribution >= 0.6 is 0 Å². The second-order valence-electron chi connectivity index (χ2n) is 7.33. The number of halogens is 3. The van der Waals surface area contributed by atoms with Crippen LogP contribution in [-0.2, 0) is 11.0 Å². The third-order valence-electron chi connectivity index (χ3n) is 4.71. The summed E-state index contributed by atoms with van der Waals surface area (Å²) < 4.78 is 41.3. The number of carbonyl (C=O) groups excluding carboxylic acids is 1. The van der Waals surface area contributed by atoms with Crippen LogP contribution in [0.4, 0.5) is 13.2 Å². The molecule has 0 saturated heterocycles. The van der Waals surface area contributed by atoms with Crippen LogP contribution in [0.2, 0.25) is 0 Å². The van der Waals surface area contributed by atoms with E-state index in [2.05, 4.69) is 11.4 Å². The Kier molecular flexibility index (Phi) is 8.66. The van der Waals surface area contributed by atoms with Gasteiger partial charge in [0.25, 0.3) is 0 Å². The lowest BCUT2D eigenvalue weighted by Crippen LogP contribution is -2.22. The predicted molar refractivity (Wildman–Crippen MR) is 113 cm³/mol. The van der Waals surface area contributed by atoms with Crippen molar-refractivity contribution in [1.82, 2.24) is 5.32 Å². The zero-order valence-corrected chi connectivity index (χ0v) is 17.2. The maximum Gasteiger partial charge on any atom is 0.417 e. The van der Waals surface area contributed by atoms with Crippen LogP contribution in [-0.4, -0.2) is 24.2 Å². The van der Waals surface area contributed by atoms with E-state index in [4.69, 9.17) is 5.11 Å². The Labute approximate surface area is 175 Å². The molecule has 6 heteroatoms. The van der Waals surface area contributed by atoms with Crippen molar-refractivity contribution in [2.45, 2.75) is 45.2 Å². The smallest absolute Gasteiger partial charge is 0.396 e. The van der Waals surface area contributed by atoms with E-state index < -0.39 is 11.7 Å². The van der Waals surface area contributed by atoms with Gasteiger partial charge in [-0.2, -0.15) is 13.2 Å². The third kappa shape index (κ3) is 6.46. The molecule has 1 amide bonds. The zero-order chi connectivity index (χ0) is 22.1. The molecule has 0 unspecified atom stereocenters. The molecule has 0 saturated carbocycles. The van der Waals surface area contributed by atoms with Crippen molar-refractivity contribution in [3.63, 3.8) is 0 Å². The fourth-order valence-electron chi connectivity index (χ4n) is 3.24. The molecule has 0 aliphatic rings. The average Bonchev–Trinajstić information content (AvgIpc) is 2.71. The summed E-state index contributed by atoms with van der Waals surface area (Å²) in [4.78, 5) is 12.1. The zero-order valence-electron chi connectivity index (χ0n) is 17.2. The van der Waals surface area contributed by atoms with Gasteiger partial charge in [0, 0.05) is 24.8 Å². The molecule has 2 aromatic carbocycles. The minimum atomic E-state index is -4.57. The quantitative estimate of drug-likeness (QED) is 0.412. The Morgan fingerprint density at radius 3 is 2.57 bits per heavy atom. The second-order valence-corrected chi connectivity index (χ2v) is 7.33. The van der Waals surface area contributed by atoms with Crippen LogP contribution in [0, 0.1) is 6.07 Å². The maximum absolute atomic E-state index is 13.8. The van der Waals surface area contributed by atoms with Crippen LogP contribution in [0.25, 0.3) is 17.2 Å². The highest BCUT2D eigenvalue weighted by Gasteiger charge is 2.35. The van der Waals surface area contributed by atoms with Crippen molar-refractivity contribution in [2.24, 2.45) is 0 Å². The molecular formula is C24H27F3NO2. The van der Waals surface area contributed by atoms with Gasteiger partial charge in [-0.1, -0.05) is 50.2 Å². The Morgan fingerprint density at radius 1 is 1.17 bits per heavy atom. The summed E-state index contributed by atoms with van der Waals surface area (Å²) in [5, 5.41) is 11.5. The van der Waals surface area contributed by atoms with Gasteiger partial charge in [-0.15, -0.1) is 0 Å². The number of carbonyl (C=O) groups is 1. The van der Waals surface area contributed by atoms with Crippen molar-refractivity contribution in [1.29, 1.82) is 0 Å². The Bertz CT molecular complexity index is 873. The fraction of sp³-hybridized carbons (Fsp3) is 0.375. The van der Waals surface area contributed by atoms with E-state index >= 15 is 0 Å². The highest BCUT2D eigenvalue weighted by atomic mass is 19.4. The van der Waals surface area contributed by atoms with E-state index in [9.17, 15) is 18.0 Å². The average molecular weight is 418 g/mol. The van der Waals surface area contributed by atoms with Crippen molar-refractivity contribution in [3.05, 3.63) is 65.2 Å². The number of unbranched alkanes of at least 4 members (excludes halogenated alkanes) is 2. The lowest BCUT2D eigenvalue weighted by molar-refractivity contribution is -0.137. The van der Waals surface area contributed by atoms with Gasteiger partial charge in [0.2, 0.25) is 5.91 Å². The Morgan fingerprint density at radius 2 is 1.90 bits per heavy atom. The number of rotatable bonds is 9. The molecule has 161 valence electrons. The van der Waals surface area contributed by atoms with Gasteiger partial charge >= 0.3 is 6.18 Å². The number of hydrogen-bond acceptors (Lipinski definition) is 2. The molecule has 0 bridgehead atoms. The lowest BCUT2D eigenvalue weighted by Gasteiger charge is -2.19. The normalized spacial score (nSPS) is 12.0. The molecule has 0 spiro atoms. The number of amides is 1. The molecule has 0 aliphatic carbocycles. The number of benzene rings is 2. The molecule has 3 nitrogen and oxygen atoms in total. The molecular weight excluding hydrogens is 391 g/mol. The summed E-state index contributed by atoms with van der Waals surface area (Å²) in [6.45, 7) is 4.42. The first-order valence-corrected chi connectivity index (χ1v) is 10.0. The summed E-state index contributed by atoms with van der Waals surface area (Å²) >= 11 is 0. The molecule has 2 N–H and O–H groups in total. The van der Waals surface area contributed by atoms with E-state index in [0.717, 1.165) is 18.4 Å². The minimum Gasteiger partial charge on any atom is -0.396 e. The number of aliphatic hydroxyl groups is 1. The van der Waals surface area contributed by atoms with Gasteiger partial charge in [-0.3, -0.25) is 4.79 Å². The SMILES string of the molecule is CC(C)c1ccccc1-c1c(C(F)(F)F)[c]ccc1/C=C/C(=O)NCCCCCO. The van der Waals surface area contributed by atoms with E-state index in [1.165, 1.54) is 24.3 Å². The van der Waals surface area contributed by atoms with Crippen LogP contribution in [0.1, 0.15) is 55.7 Å². The topological polar surface area (TPSA) is 49.3 Å². The van der Waals surface area contributed by atoms with Gasteiger partial charge in [-0.05, 0) is 54.0 Å². The van der Waals surface area contributed by atoms with E-state index in [1.54, 1.807) is 18.2 Å². The molecule has 0 aliphatic heterocycles. The monoisotopic (exact) mass is 418 g/mol. The van der Waals surface area contributed by atoms with Crippen LogP contribution in [0.5, 0.6) is 0 Å². The Hall–Kier alpha value is -2.60. The first-order valence-electron chi connectivity index (χ1n) is 10.0. The fourth-order valence-corrected chi connectivity index (χ4v) is 3.24. The minimum absolute atomic E-state index is 0.0290. The molecule has 2 rings (SSSR count). The van der Waals surface area contributed by atoms with Crippen LogP contribution in [0.15, 0.2) is 42.5 Å². The molecule has 1 radical (unpaired) electrons. The number of alkyl halides is 3. The molecule has 0 atom stereocenters. The van der Waals surface area contributed by atoms with Crippen LogP contribution < -0.4 is 5.32 Å². The van der Waals surface area contributed by atoms with Gasteiger partial charge in [-0.25, -0.2) is 0 Å². The molecule has 2 aromatic rings. The van der Waals surface area contributed by atoms with E-state index in [0.29, 0.717) is 24.1 Å². The van der Waals surface area contributed by atoms with Crippen LogP contribution in [0.3, 0.4) is 0 Å². The summed E-state index contributed by atoms with van der Waals surface area (Å²) in [6, 6.07) is 12.1. The standard InChI is InChI=1S/C24H27F3NO2/c1-17(2)19-10-4-5-11-20(19)23-18(9-8-12-21(23)24(25,26)27)13-14-22(30)28-15-6-3-7-16-29/h4-5,8-11,13-14,17,29H,3,6-7,15-16H2,1-2H3,(H,28,30)/b14-13+. The number of hydrogen-bond donors (Lipinski definition) is 2. The Balaban J connectivity index is 2.39. The largest absolute Gasteiger partial charge is 0.417 e. The lowest BCUT2D eigenvalue weighted by atomic mass is 9.87. The van der Waals surface area contributed by atoms with Crippen molar-refractivity contribution in [3.8, 4) is 11.1 Å². The predicted octanol–water partition coefficient (Wildman–Crippen LogP) is 5.59. The van der Waals surface area contributed by atoms with Crippen molar-refractivity contribution < 1.29 is 23.1 Å². The number of nitrogens with one attached hydrogen (secondary N) is 1. The highest BCUT2D eigenvalue weighted by molar-refractivity contribution is 5.93. The first-order chi connectivity index (χ1) is 14.3. The summed E-state index contributed by atoms with van der Waals surface area (Å²) in [7, 11) is 0. The summed E-state index contributed by atoms with van der Waals surface area (Å²) in [5.74, 6) is -0.343. The summed E-state index contributed by atoms with van der Waals surface area (Å²) in [6.07, 6.45) is 0.288. The molecule has 30 heavy (non-hydrogen) atoms. The van der Waals surface area contributed by atoms with Gasteiger partial charge in [0.05, 0.1) is 5.56 Å². The first kappa shape index (κ1) is 23.7. The summed E-state index contributed by atoms with van der Waals surface area (Å²) in [5.41, 5.74) is 0.777.